The standard InChI is InChI=1S/C14H21NOS/c1-12-4-2-6-14(10-12)17-9-7-15-11-13-5-3-8-16-13/h2,4,6,10,13,15H,3,5,7-9,11H2,1H3. The zero-order valence-electron chi connectivity index (χ0n) is 10.4. The summed E-state index contributed by atoms with van der Waals surface area (Å²) < 4.78 is 5.56. The SMILES string of the molecule is Cc1cccc(SCCNCC2CCCO2)c1. The average Bonchev–Trinajstić information content (AvgIpc) is 2.82. The van der Waals surface area contributed by atoms with Crippen molar-refractivity contribution in [2.45, 2.75) is 30.8 Å². The number of ether oxygens (including phenoxy) is 1. The Morgan fingerprint density at radius 2 is 2.41 bits per heavy atom. The van der Waals surface area contributed by atoms with Crippen molar-refractivity contribution >= 4 is 11.8 Å². The fourth-order valence-corrected chi connectivity index (χ4v) is 2.94. The Morgan fingerprint density at radius 1 is 1.47 bits per heavy atom. The Bertz CT molecular complexity index is 337. The van der Waals surface area contributed by atoms with Gasteiger partial charge in [0.1, 0.15) is 0 Å². The second kappa shape index (κ2) is 7.04. The maximum absolute atomic E-state index is 5.56. The van der Waals surface area contributed by atoms with Crippen molar-refractivity contribution in [1.29, 1.82) is 0 Å². The second-order valence-corrected chi connectivity index (χ2v) is 5.67. The number of benzene rings is 1. The van der Waals surface area contributed by atoms with E-state index in [9.17, 15) is 0 Å². The van der Waals surface area contributed by atoms with Crippen LogP contribution in [0, 0.1) is 6.92 Å². The van der Waals surface area contributed by atoms with Gasteiger partial charge in [-0.25, -0.2) is 0 Å². The van der Waals surface area contributed by atoms with Crippen LogP contribution < -0.4 is 5.32 Å². The van der Waals surface area contributed by atoms with Crippen LogP contribution in [0.3, 0.4) is 0 Å². The van der Waals surface area contributed by atoms with Crippen molar-refractivity contribution in [3.8, 4) is 0 Å². The van der Waals surface area contributed by atoms with E-state index in [0.717, 1.165) is 25.4 Å². The van der Waals surface area contributed by atoms with E-state index in [0.29, 0.717) is 6.10 Å². The predicted octanol–water partition coefficient (Wildman–Crippen LogP) is 2.86. The first-order valence-corrected chi connectivity index (χ1v) is 7.35. The van der Waals surface area contributed by atoms with Crippen molar-refractivity contribution in [2.75, 3.05) is 25.4 Å². The van der Waals surface area contributed by atoms with Gasteiger partial charge in [-0.15, -0.1) is 11.8 Å². The van der Waals surface area contributed by atoms with Gasteiger partial charge in [-0.2, -0.15) is 0 Å². The molecule has 0 aliphatic carbocycles. The monoisotopic (exact) mass is 251 g/mol. The molecule has 2 rings (SSSR count). The van der Waals surface area contributed by atoms with E-state index >= 15 is 0 Å². The van der Waals surface area contributed by atoms with Gasteiger partial charge in [0.05, 0.1) is 6.10 Å². The first-order chi connectivity index (χ1) is 8.34. The summed E-state index contributed by atoms with van der Waals surface area (Å²) in [6.45, 7) is 5.15. The Hall–Kier alpha value is -0.510. The van der Waals surface area contributed by atoms with Gasteiger partial charge in [0, 0.05) is 30.3 Å². The summed E-state index contributed by atoms with van der Waals surface area (Å²) in [6.07, 6.45) is 2.90. The minimum Gasteiger partial charge on any atom is -0.377 e. The zero-order valence-corrected chi connectivity index (χ0v) is 11.3. The summed E-state index contributed by atoms with van der Waals surface area (Å²) in [5, 5.41) is 3.47. The highest BCUT2D eigenvalue weighted by Crippen LogP contribution is 2.18. The molecule has 0 radical (unpaired) electrons. The quantitative estimate of drug-likeness (QED) is 0.620. The van der Waals surface area contributed by atoms with Crippen molar-refractivity contribution in [2.24, 2.45) is 0 Å². The van der Waals surface area contributed by atoms with Crippen molar-refractivity contribution in [1.82, 2.24) is 5.32 Å². The third-order valence-corrected chi connectivity index (χ3v) is 3.93. The molecule has 1 unspecified atom stereocenters. The molecular formula is C14H21NOS. The van der Waals surface area contributed by atoms with Crippen LogP contribution in [0.2, 0.25) is 0 Å². The number of nitrogens with one attached hydrogen (secondary N) is 1. The molecule has 1 fully saturated rings. The number of hydrogen-bond acceptors (Lipinski definition) is 3. The molecule has 1 aromatic carbocycles. The fraction of sp³-hybridized carbons (Fsp3) is 0.571. The molecule has 1 aliphatic rings. The highest BCUT2D eigenvalue weighted by atomic mass is 32.2. The molecule has 1 atom stereocenters. The summed E-state index contributed by atoms with van der Waals surface area (Å²) in [5.74, 6) is 1.12. The molecule has 0 amide bonds. The largest absolute Gasteiger partial charge is 0.377 e. The molecule has 0 aromatic heterocycles. The van der Waals surface area contributed by atoms with Gasteiger partial charge < -0.3 is 10.1 Å². The third kappa shape index (κ3) is 4.70. The molecule has 1 aromatic rings. The van der Waals surface area contributed by atoms with Crippen LogP contribution in [-0.4, -0.2) is 31.6 Å². The molecular weight excluding hydrogens is 230 g/mol. The molecule has 1 heterocycles. The maximum Gasteiger partial charge on any atom is 0.0700 e. The third-order valence-electron chi connectivity index (χ3n) is 2.93. The first-order valence-electron chi connectivity index (χ1n) is 6.36. The summed E-state index contributed by atoms with van der Waals surface area (Å²) in [4.78, 5) is 1.36. The van der Waals surface area contributed by atoms with Crippen LogP contribution in [0.15, 0.2) is 29.2 Å². The molecule has 0 spiro atoms. The van der Waals surface area contributed by atoms with Crippen molar-refractivity contribution in [3.05, 3.63) is 29.8 Å². The summed E-state index contributed by atoms with van der Waals surface area (Å²) in [7, 11) is 0. The van der Waals surface area contributed by atoms with Crippen LogP contribution in [-0.2, 0) is 4.74 Å². The number of thioether (sulfide) groups is 1. The van der Waals surface area contributed by atoms with Crippen LogP contribution in [0.4, 0.5) is 0 Å². The summed E-state index contributed by atoms with van der Waals surface area (Å²) in [6, 6.07) is 8.68. The highest BCUT2D eigenvalue weighted by molar-refractivity contribution is 7.99. The van der Waals surface area contributed by atoms with Gasteiger partial charge in [0.15, 0.2) is 0 Å². The maximum atomic E-state index is 5.56. The molecule has 2 nitrogen and oxygen atoms in total. The Labute approximate surface area is 108 Å². The molecule has 0 saturated carbocycles. The Morgan fingerprint density at radius 3 is 3.18 bits per heavy atom. The van der Waals surface area contributed by atoms with E-state index in [4.69, 9.17) is 4.74 Å². The summed E-state index contributed by atoms with van der Waals surface area (Å²) >= 11 is 1.91. The van der Waals surface area contributed by atoms with Gasteiger partial charge in [-0.1, -0.05) is 17.7 Å². The van der Waals surface area contributed by atoms with Crippen LogP contribution >= 0.6 is 11.8 Å². The number of hydrogen-bond donors (Lipinski definition) is 1. The van der Waals surface area contributed by atoms with Gasteiger partial charge in [-0.3, -0.25) is 0 Å². The molecule has 3 heteroatoms. The van der Waals surface area contributed by atoms with Gasteiger partial charge in [-0.05, 0) is 31.9 Å². The van der Waals surface area contributed by atoms with Gasteiger partial charge in [0.25, 0.3) is 0 Å². The highest BCUT2D eigenvalue weighted by Gasteiger charge is 2.13. The Balaban J connectivity index is 1.56. The van der Waals surface area contributed by atoms with E-state index in [2.05, 4.69) is 36.5 Å². The lowest BCUT2D eigenvalue weighted by Crippen LogP contribution is -2.27. The smallest absolute Gasteiger partial charge is 0.0700 e. The summed E-state index contributed by atoms with van der Waals surface area (Å²) in [5.41, 5.74) is 1.34. The van der Waals surface area contributed by atoms with E-state index in [1.807, 2.05) is 11.8 Å². The van der Waals surface area contributed by atoms with Crippen LogP contribution in [0.25, 0.3) is 0 Å². The number of aryl methyl sites for hydroxylation is 1. The number of rotatable bonds is 6. The molecule has 17 heavy (non-hydrogen) atoms. The minimum absolute atomic E-state index is 0.457. The first kappa shape index (κ1) is 12.9. The lowest BCUT2D eigenvalue weighted by Gasteiger charge is -2.10. The second-order valence-electron chi connectivity index (χ2n) is 4.50. The lowest BCUT2D eigenvalue weighted by atomic mass is 10.2. The predicted molar refractivity (Wildman–Crippen MR) is 73.7 cm³/mol. The van der Waals surface area contributed by atoms with Crippen LogP contribution in [0.5, 0.6) is 0 Å². The van der Waals surface area contributed by atoms with Gasteiger partial charge in [0.2, 0.25) is 0 Å². The zero-order chi connectivity index (χ0) is 11.9. The normalized spacial score (nSPS) is 19.7. The molecule has 1 aliphatic heterocycles. The minimum atomic E-state index is 0.457. The molecule has 1 saturated heterocycles. The van der Waals surface area contributed by atoms with E-state index in [-0.39, 0.29) is 0 Å². The Kier molecular flexibility index (Phi) is 5.36. The van der Waals surface area contributed by atoms with E-state index < -0.39 is 0 Å². The lowest BCUT2D eigenvalue weighted by molar-refractivity contribution is 0.110. The van der Waals surface area contributed by atoms with Crippen molar-refractivity contribution < 1.29 is 4.74 Å². The molecule has 1 N–H and O–H groups in total. The van der Waals surface area contributed by atoms with E-state index in [1.54, 1.807) is 0 Å². The average molecular weight is 251 g/mol. The topological polar surface area (TPSA) is 21.3 Å². The van der Waals surface area contributed by atoms with Crippen molar-refractivity contribution in [3.63, 3.8) is 0 Å². The molecule has 0 bridgehead atoms. The molecule has 94 valence electrons. The van der Waals surface area contributed by atoms with E-state index in [1.165, 1.54) is 23.3 Å². The van der Waals surface area contributed by atoms with Crippen LogP contribution in [0.1, 0.15) is 18.4 Å². The fourth-order valence-electron chi connectivity index (χ4n) is 2.01. The van der Waals surface area contributed by atoms with Gasteiger partial charge >= 0.3 is 0 Å².